The quantitative estimate of drug-likeness (QED) is 0.593. The first-order valence-electron chi connectivity index (χ1n) is 8.88. The number of rotatable bonds is 12. The first-order valence-corrected chi connectivity index (χ1v) is 8.88. The fraction of sp³-hybridized carbons (Fsp3) is 0.429. The third kappa shape index (κ3) is 6.74. The molecule has 0 atom stereocenters. The minimum Gasteiger partial charge on any atom is -0.497 e. The second-order valence-electron chi connectivity index (χ2n) is 6.34. The molecule has 0 bridgehead atoms. The second kappa shape index (κ2) is 10.9. The number of halogens is 2. The number of ether oxygens (including phenoxy) is 4. The monoisotopic (exact) mass is 396 g/mol. The number of hydrogen-bond acceptors (Lipinski definition) is 5. The van der Waals surface area contributed by atoms with Gasteiger partial charge in [0.2, 0.25) is 0 Å². The van der Waals surface area contributed by atoms with Gasteiger partial charge in [-0.05, 0) is 35.4 Å². The summed E-state index contributed by atoms with van der Waals surface area (Å²) < 4.78 is 49.1. The SMILES string of the molecule is COc1ccc(COCC(COCc2ccc(OC)cc2)C(F)(F)CO)cc1. The molecule has 0 unspecified atom stereocenters. The third-order valence-corrected chi connectivity index (χ3v) is 4.30. The van der Waals surface area contributed by atoms with Crippen LogP contribution < -0.4 is 9.47 Å². The average molecular weight is 396 g/mol. The Morgan fingerprint density at radius 3 is 1.50 bits per heavy atom. The van der Waals surface area contributed by atoms with Crippen molar-refractivity contribution in [3.05, 3.63) is 59.7 Å². The van der Waals surface area contributed by atoms with E-state index in [0.717, 1.165) is 11.1 Å². The van der Waals surface area contributed by atoms with E-state index in [1.807, 2.05) is 0 Å². The van der Waals surface area contributed by atoms with Crippen LogP contribution in [0.1, 0.15) is 11.1 Å². The molecule has 1 N–H and O–H groups in total. The van der Waals surface area contributed by atoms with Crippen molar-refractivity contribution in [3.63, 3.8) is 0 Å². The van der Waals surface area contributed by atoms with Crippen LogP contribution in [0.2, 0.25) is 0 Å². The first kappa shape index (κ1) is 22.1. The summed E-state index contributed by atoms with van der Waals surface area (Å²) in [4.78, 5) is 0. The third-order valence-electron chi connectivity index (χ3n) is 4.30. The van der Waals surface area contributed by atoms with Gasteiger partial charge < -0.3 is 24.1 Å². The lowest BCUT2D eigenvalue weighted by Crippen LogP contribution is -2.38. The lowest BCUT2D eigenvalue weighted by Gasteiger charge is -2.25. The zero-order valence-corrected chi connectivity index (χ0v) is 16.1. The molecule has 0 aliphatic carbocycles. The molecule has 2 aromatic carbocycles. The molecular formula is C21H26F2O5. The Balaban J connectivity index is 1.84. The molecule has 0 saturated heterocycles. The van der Waals surface area contributed by atoms with Gasteiger partial charge in [-0.25, -0.2) is 8.78 Å². The predicted molar refractivity (Wildman–Crippen MR) is 101 cm³/mol. The van der Waals surface area contributed by atoms with Gasteiger partial charge in [0.05, 0.1) is 46.6 Å². The Hall–Kier alpha value is -2.22. The molecule has 28 heavy (non-hydrogen) atoms. The number of hydrogen-bond donors (Lipinski definition) is 1. The zero-order valence-electron chi connectivity index (χ0n) is 16.1. The van der Waals surface area contributed by atoms with Crippen molar-refractivity contribution >= 4 is 0 Å². The van der Waals surface area contributed by atoms with Crippen molar-refractivity contribution in [1.82, 2.24) is 0 Å². The highest BCUT2D eigenvalue weighted by atomic mass is 19.3. The van der Waals surface area contributed by atoms with Crippen LogP contribution in [0.4, 0.5) is 8.78 Å². The highest BCUT2D eigenvalue weighted by molar-refractivity contribution is 5.27. The van der Waals surface area contributed by atoms with Crippen LogP contribution in [0.3, 0.4) is 0 Å². The fourth-order valence-corrected chi connectivity index (χ4v) is 2.50. The maximum Gasteiger partial charge on any atom is 0.277 e. The van der Waals surface area contributed by atoms with E-state index in [4.69, 9.17) is 24.1 Å². The predicted octanol–water partition coefficient (Wildman–Crippen LogP) is 3.68. The number of alkyl halides is 2. The molecule has 0 radical (unpaired) electrons. The standard InChI is InChI=1S/C21H26F2O5/c1-25-19-7-3-16(4-8-19)11-27-13-18(21(22,23)15-24)14-28-12-17-5-9-20(26-2)10-6-17/h3-10,18,24H,11-15H2,1-2H3. The van der Waals surface area contributed by atoms with Gasteiger partial charge in [-0.3, -0.25) is 0 Å². The Kier molecular flexibility index (Phi) is 8.63. The van der Waals surface area contributed by atoms with Gasteiger partial charge in [-0.2, -0.15) is 0 Å². The highest BCUT2D eigenvalue weighted by Gasteiger charge is 2.39. The molecule has 154 valence electrons. The van der Waals surface area contributed by atoms with Gasteiger partial charge in [0, 0.05) is 0 Å². The van der Waals surface area contributed by atoms with Crippen molar-refractivity contribution in [2.45, 2.75) is 19.1 Å². The molecule has 0 aliphatic rings. The molecular weight excluding hydrogens is 370 g/mol. The van der Waals surface area contributed by atoms with Crippen LogP contribution in [0.5, 0.6) is 11.5 Å². The Morgan fingerprint density at radius 1 is 0.786 bits per heavy atom. The number of aliphatic hydroxyl groups is 1. The van der Waals surface area contributed by atoms with Crippen LogP contribution in [0.15, 0.2) is 48.5 Å². The number of methoxy groups -OCH3 is 2. The van der Waals surface area contributed by atoms with E-state index in [-0.39, 0.29) is 26.4 Å². The molecule has 7 heteroatoms. The Labute approximate surface area is 163 Å². The van der Waals surface area contributed by atoms with Crippen molar-refractivity contribution in [3.8, 4) is 11.5 Å². The second-order valence-corrected chi connectivity index (χ2v) is 6.34. The smallest absolute Gasteiger partial charge is 0.277 e. The van der Waals surface area contributed by atoms with E-state index in [2.05, 4.69) is 0 Å². The largest absolute Gasteiger partial charge is 0.497 e. The molecule has 2 aromatic rings. The summed E-state index contributed by atoms with van der Waals surface area (Å²) >= 11 is 0. The van der Waals surface area contributed by atoms with Crippen LogP contribution in [-0.2, 0) is 22.7 Å². The van der Waals surface area contributed by atoms with E-state index in [9.17, 15) is 8.78 Å². The number of benzene rings is 2. The highest BCUT2D eigenvalue weighted by Crippen LogP contribution is 2.26. The molecule has 5 nitrogen and oxygen atoms in total. The zero-order chi connectivity index (χ0) is 20.4. The summed E-state index contributed by atoms with van der Waals surface area (Å²) in [5, 5.41) is 9.02. The molecule has 0 fully saturated rings. The topological polar surface area (TPSA) is 57.2 Å². The van der Waals surface area contributed by atoms with E-state index in [1.54, 1.807) is 62.8 Å². The lowest BCUT2D eigenvalue weighted by molar-refractivity contribution is -0.141. The van der Waals surface area contributed by atoms with Crippen LogP contribution in [-0.4, -0.2) is 45.1 Å². The maximum atomic E-state index is 14.0. The minimum absolute atomic E-state index is 0.181. The van der Waals surface area contributed by atoms with Gasteiger partial charge in [-0.1, -0.05) is 24.3 Å². The summed E-state index contributed by atoms with van der Waals surface area (Å²) in [6.07, 6.45) is 0. The summed E-state index contributed by atoms with van der Waals surface area (Å²) in [5.41, 5.74) is 1.68. The van der Waals surface area contributed by atoms with Crippen molar-refractivity contribution in [2.24, 2.45) is 5.92 Å². The Morgan fingerprint density at radius 2 is 1.18 bits per heavy atom. The van der Waals surface area contributed by atoms with Gasteiger partial charge in [-0.15, -0.1) is 0 Å². The van der Waals surface area contributed by atoms with Gasteiger partial charge in [0.25, 0.3) is 5.92 Å². The van der Waals surface area contributed by atoms with Gasteiger partial charge in [0.15, 0.2) is 0 Å². The molecule has 0 saturated carbocycles. The normalized spacial score (nSPS) is 11.6. The van der Waals surface area contributed by atoms with Crippen molar-refractivity contribution in [1.29, 1.82) is 0 Å². The summed E-state index contributed by atoms with van der Waals surface area (Å²) in [6, 6.07) is 14.3. The molecule has 0 amide bonds. The molecule has 0 heterocycles. The van der Waals surface area contributed by atoms with Crippen LogP contribution in [0.25, 0.3) is 0 Å². The number of aliphatic hydroxyl groups excluding tert-OH is 1. The molecule has 0 aliphatic heterocycles. The van der Waals surface area contributed by atoms with E-state index < -0.39 is 18.4 Å². The summed E-state index contributed by atoms with van der Waals surface area (Å²) in [6.45, 7) is -1.36. The van der Waals surface area contributed by atoms with E-state index >= 15 is 0 Å². The lowest BCUT2D eigenvalue weighted by atomic mass is 10.0. The van der Waals surface area contributed by atoms with Gasteiger partial charge >= 0.3 is 0 Å². The fourth-order valence-electron chi connectivity index (χ4n) is 2.50. The van der Waals surface area contributed by atoms with Crippen LogP contribution in [0, 0.1) is 5.92 Å². The van der Waals surface area contributed by atoms with E-state index in [0.29, 0.717) is 11.5 Å². The van der Waals surface area contributed by atoms with Crippen molar-refractivity contribution in [2.75, 3.05) is 34.0 Å². The van der Waals surface area contributed by atoms with Gasteiger partial charge in [0.1, 0.15) is 18.1 Å². The first-order chi connectivity index (χ1) is 13.5. The summed E-state index contributed by atoms with van der Waals surface area (Å²) in [5.74, 6) is -3.13. The molecule has 0 aromatic heterocycles. The van der Waals surface area contributed by atoms with Crippen LogP contribution >= 0.6 is 0 Å². The molecule has 0 spiro atoms. The van der Waals surface area contributed by atoms with E-state index in [1.165, 1.54) is 0 Å². The Bertz CT molecular complexity index is 635. The summed E-state index contributed by atoms with van der Waals surface area (Å²) in [7, 11) is 3.14. The average Bonchev–Trinajstić information content (AvgIpc) is 2.73. The van der Waals surface area contributed by atoms with Crippen molar-refractivity contribution < 1.29 is 32.8 Å². The minimum atomic E-state index is -3.29. The maximum absolute atomic E-state index is 14.0. The molecule has 2 rings (SSSR count).